The summed E-state index contributed by atoms with van der Waals surface area (Å²) >= 11 is 7.41. The van der Waals surface area contributed by atoms with Crippen LogP contribution in [0, 0.1) is 12.8 Å². The summed E-state index contributed by atoms with van der Waals surface area (Å²) in [5.41, 5.74) is 0.985. The van der Waals surface area contributed by atoms with Gasteiger partial charge in [0.05, 0.1) is 9.21 Å². The fraction of sp³-hybridized carbons (Fsp3) is 0.643. The largest absolute Gasteiger partial charge is 0.347 e. The molecule has 1 N–H and O–H groups in total. The molecule has 3 aliphatic rings. The van der Waals surface area contributed by atoms with Crippen molar-refractivity contribution in [2.75, 3.05) is 13.1 Å². The van der Waals surface area contributed by atoms with E-state index in [0.717, 1.165) is 10.4 Å². The number of thiophene rings is 1. The van der Waals surface area contributed by atoms with Crippen LogP contribution >= 0.6 is 22.9 Å². The van der Waals surface area contributed by atoms with Crippen molar-refractivity contribution in [1.82, 2.24) is 10.2 Å². The molecule has 0 aromatic carbocycles. The van der Waals surface area contributed by atoms with Gasteiger partial charge in [-0.25, -0.2) is 0 Å². The number of aryl methyl sites for hydroxylation is 1. The number of hydrogen-bond acceptors (Lipinski definition) is 3. The molecule has 3 aliphatic heterocycles. The smallest absolute Gasteiger partial charge is 0.261 e. The number of rotatable bonds is 2. The van der Waals surface area contributed by atoms with Gasteiger partial charge in [0.1, 0.15) is 0 Å². The highest BCUT2D eigenvalue weighted by molar-refractivity contribution is 7.18. The zero-order chi connectivity index (χ0) is 13.6. The standard InChI is InChI=1S/C14H19ClN2OS/c1-8-7-11(19-13(8)15)14(18)16-12-9(2)17-5-3-10(12)4-6-17/h7,9-10,12H,3-6H2,1-2H3,(H,16,18)/t9-,12-/m0/s1. The Hall–Kier alpha value is -0.580. The quantitative estimate of drug-likeness (QED) is 0.910. The van der Waals surface area contributed by atoms with Gasteiger partial charge in [0.2, 0.25) is 0 Å². The number of carbonyl (C=O) groups excluding carboxylic acids is 1. The van der Waals surface area contributed by atoms with Gasteiger partial charge in [0.25, 0.3) is 5.91 Å². The number of hydrogen-bond donors (Lipinski definition) is 1. The molecule has 2 bridgehead atoms. The van der Waals surface area contributed by atoms with Crippen LogP contribution < -0.4 is 5.32 Å². The van der Waals surface area contributed by atoms with Crippen LogP contribution in [0.15, 0.2) is 6.07 Å². The predicted octanol–water partition coefficient (Wildman–Crippen LogP) is 2.92. The van der Waals surface area contributed by atoms with E-state index in [1.54, 1.807) is 0 Å². The molecule has 0 spiro atoms. The number of amides is 1. The van der Waals surface area contributed by atoms with Gasteiger partial charge in [0.15, 0.2) is 0 Å². The molecule has 2 atom stereocenters. The second-order valence-electron chi connectivity index (χ2n) is 5.68. The van der Waals surface area contributed by atoms with Gasteiger partial charge in [-0.2, -0.15) is 0 Å². The first-order valence-corrected chi connectivity index (χ1v) is 8.06. The van der Waals surface area contributed by atoms with E-state index in [1.165, 1.54) is 37.3 Å². The lowest BCUT2D eigenvalue weighted by molar-refractivity contribution is 0.0218. The Morgan fingerprint density at radius 1 is 1.47 bits per heavy atom. The Bertz CT molecular complexity index is 472. The summed E-state index contributed by atoms with van der Waals surface area (Å²) in [5, 5.41) is 3.23. The van der Waals surface area contributed by atoms with Crippen molar-refractivity contribution >= 4 is 28.8 Å². The average Bonchev–Trinajstić information content (AvgIpc) is 2.74. The average molecular weight is 299 g/mol. The molecular formula is C14H19ClN2OS. The zero-order valence-electron chi connectivity index (χ0n) is 11.3. The van der Waals surface area contributed by atoms with Gasteiger partial charge in [-0.15, -0.1) is 11.3 Å². The fourth-order valence-electron chi connectivity index (χ4n) is 3.34. The van der Waals surface area contributed by atoms with Gasteiger partial charge >= 0.3 is 0 Å². The lowest BCUT2D eigenvalue weighted by Crippen LogP contribution is -2.62. The SMILES string of the molecule is Cc1cc(C(=O)N[C@@H]2C3CCN(CC3)[C@H]2C)sc1Cl. The van der Waals surface area contributed by atoms with E-state index < -0.39 is 0 Å². The highest BCUT2D eigenvalue weighted by atomic mass is 35.5. The second-order valence-corrected chi connectivity index (χ2v) is 7.33. The third-order valence-corrected chi connectivity index (χ3v) is 6.11. The summed E-state index contributed by atoms with van der Waals surface area (Å²) in [5.74, 6) is 0.672. The van der Waals surface area contributed by atoms with Crippen molar-refractivity contribution in [2.24, 2.45) is 5.92 Å². The molecule has 3 nitrogen and oxygen atoms in total. The molecule has 1 amide bonds. The third-order valence-electron chi connectivity index (χ3n) is 4.56. The highest BCUT2D eigenvalue weighted by Crippen LogP contribution is 2.33. The molecule has 3 fully saturated rings. The first kappa shape index (κ1) is 13.4. The molecule has 4 heterocycles. The second kappa shape index (κ2) is 5.08. The lowest BCUT2D eigenvalue weighted by Gasteiger charge is -2.49. The van der Waals surface area contributed by atoms with E-state index in [4.69, 9.17) is 11.6 Å². The Morgan fingerprint density at radius 3 is 2.68 bits per heavy atom. The van der Waals surface area contributed by atoms with Crippen molar-refractivity contribution in [2.45, 2.75) is 38.8 Å². The molecule has 1 aromatic heterocycles. The molecule has 3 saturated heterocycles. The Morgan fingerprint density at radius 2 is 2.16 bits per heavy atom. The summed E-state index contributed by atoms with van der Waals surface area (Å²) in [7, 11) is 0. The van der Waals surface area contributed by atoms with Crippen molar-refractivity contribution in [3.63, 3.8) is 0 Å². The van der Waals surface area contributed by atoms with Gasteiger partial charge in [-0.1, -0.05) is 11.6 Å². The predicted molar refractivity (Wildman–Crippen MR) is 79.1 cm³/mol. The highest BCUT2D eigenvalue weighted by Gasteiger charge is 2.40. The molecule has 19 heavy (non-hydrogen) atoms. The monoisotopic (exact) mass is 298 g/mol. The van der Waals surface area contributed by atoms with Crippen LogP contribution in [0.3, 0.4) is 0 Å². The van der Waals surface area contributed by atoms with Crippen molar-refractivity contribution in [3.8, 4) is 0 Å². The number of fused-ring (bicyclic) bond motifs is 3. The van der Waals surface area contributed by atoms with Crippen molar-refractivity contribution in [3.05, 3.63) is 20.8 Å². The van der Waals surface area contributed by atoms with Crippen LogP contribution in [0.1, 0.15) is 35.0 Å². The number of nitrogens with one attached hydrogen (secondary N) is 1. The minimum atomic E-state index is 0.0330. The normalized spacial score (nSPS) is 33.4. The molecule has 5 heteroatoms. The van der Waals surface area contributed by atoms with Crippen LogP contribution in [0.25, 0.3) is 0 Å². The van der Waals surface area contributed by atoms with E-state index in [0.29, 0.717) is 16.3 Å². The minimum Gasteiger partial charge on any atom is -0.347 e. The number of halogens is 1. The maximum Gasteiger partial charge on any atom is 0.261 e. The van der Waals surface area contributed by atoms with E-state index in [-0.39, 0.29) is 11.9 Å². The summed E-state index contributed by atoms with van der Waals surface area (Å²) in [6, 6.07) is 2.62. The van der Waals surface area contributed by atoms with Crippen LogP contribution in [-0.2, 0) is 0 Å². The molecule has 0 aliphatic carbocycles. The zero-order valence-corrected chi connectivity index (χ0v) is 12.9. The molecule has 104 valence electrons. The maximum absolute atomic E-state index is 12.3. The lowest BCUT2D eigenvalue weighted by atomic mass is 9.79. The number of nitrogens with zero attached hydrogens (tertiary/aromatic N) is 1. The van der Waals surface area contributed by atoms with E-state index in [1.807, 2.05) is 13.0 Å². The summed E-state index contributed by atoms with van der Waals surface area (Å²) < 4.78 is 0.715. The van der Waals surface area contributed by atoms with Gasteiger partial charge < -0.3 is 5.32 Å². The van der Waals surface area contributed by atoms with Crippen LogP contribution in [-0.4, -0.2) is 36.0 Å². The number of carbonyl (C=O) groups is 1. The van der Waals surface area contributed by atoms with E-state index >= 15 is 0 Å². The molecular weight excluding hydrogens is 280 g/mol. The summed E-state index contributed by atoms with van der Waals surface area (Å²) in [6.07, 6.45) is 2.42. The van der Waals surface area contributed by atoms with E-state index in [2.05, 4.69) is 17.1 Å². The number of piperidine rings is 3. The van der Waals surface area contributed by atoms with Crippen LogP contribution in [0.2, 0.25) is 4.34 Å². The molecule has 4 rings (SSSR count). The van der Waals surface area contributed by atoms with Crippen molar-refractivity contribution < 1.29 is 4.79 Å². The summed E-state index contributed by atoms with van der Waals surface area (Å²) in [6.45, 7) is 6.53. The molecule has 1 aromatic rings. The van der Waals surface area contributed by atoms with Crippen LogP contribution in [0.4, 0.5) is 0 Å². The first-order valence-electron chi connectivity index (χ1n) is 6.87. The maximum atomic E-state index is 12.3. The molecule has 0 radical (unpaired) electrons. The van der Waals surface area contributed by atoms with E-state index in [9.17, 15) is 4.79 Å². The Kier molecular flexibility index (Phi) is 3.58. The van der Waals surface area contributed by atoms with Gasteiger partial charge in [-0.05, 0) is 57.3 Å². The Labute approximate surface area is 122 Å². The third kappa shape index (κ3) is 2.41. The molecule has 0 saturated carbocycles. The molecule has 0 unspecified atom stereocenters. The topological polar surface area (TPSA) is 32.3 Å². The first-order chi connectivity index (χ1) is 9.06. The Balaban J connectivity index is 1.72. The van der Waals surface area contributed by atoms with Gasteiger partial charge in [0, 0.05) is 12.1 Å². The minimum absolute atomic E-state index is 0.0330. The van der Waals surface area contributed by atoms with Crippen LogP contribution in [0.5, 0.6) is 0 Å². The summed E-state index contributed by atoms with van der Waals surface area (Å²) in [4.78, 5) is 15.5. The van der Waals surface area contributed by atoms with Crippen molar-refractivity contribution in [1.29, 1.82) is 0 Å². The van der Waals surface area contributed by atoms with Gasteiger partial charge in [-0.3, -0.25) is 9.69 Å². The fourth-order valence-corrected chi connectivity index (χ4v) is 4.44.